The van der Waals surface area contributed by atoms with Crippen LogP contribution in [0.4, 0.5) is 5.13 Å². The molecule has 1 saturated heterocycles. The van der Waals surface area contributed by atoms with Crippen LogP contribution in [0.2, 0.25) is 0 Å². The fourth-order valence-corrected chi connectivity index (χ4v) is 4.94. The number of thiazole rings is 1. The molecular weight excluding hydrogens is 362 g/mol. The SMILES string of the molecule is [O-][S+](c1ccccc1)c1ccc(Cc2csc(N3CCNCC3)n2)cc1. The van der Waals surface area contributed by atoms with Crippen LogP contribution < -0.4 is 10.2 Å². The highest BCUT2D eigenvalue weighted by Crippen LogP contribution is 2.24. The summed E-state index contributed by atoms with van der Waals surface area (Å²) in [6.45, 7) is 4.09. The van der Waals surface area contributed by atoms with Crippen molar-refractivity contribution < 1.29 is 4.55 Å². The van der Waals surface area contributed by atoms with Crippen molar-refractivity contribution in [3.05, 3.63) is 71.2 Å². The predicted molar refractivity (Wildman–Crippen MR) is 108 cm³/mol. The average Bonchev–Trinajstić information content (AvgIpc) is 3.18. The van der Waals surface area contributed by atoms with Gasteiger partial charge >= 0.3 is 0 Å². The van der Waals surface area contributed by atoms with Crippen LogP contribution in [-0.2, 0) is 17.6 Å². The summed E-state index contributed by atoms with van der Waals surface area (Å²) in [7, 11) is 0. The number of hydrogen-bond donors (Lipinski definition) is 1. The van der Waals surface area contributed by atoms with E-state index in [-0.39, 0.29) is 0 Å². The molecule has 1 aliphatic heterocycles. The van der Waals surface area contributed by atoms with Gasteiger partial charge in [-0.3, -0.25) is 0 Å². The van der Waals surface area contributed by atoms with Gasteiger partial charge in [0.05, 0.1) is 5.69 Å². The zero-order valence-corrected chi connectivity index (χ0v) is 16.1. The second kappa shape index (κ2) is 8.22. The van der Waals surface area contributed by atoms with Gasteiger partial charge in [-0.25, -0.2) is 4.98 Å². The Hall–Kier alpha value is -1.86. The third-order valence-electron chi connectivity index (χ3n) is 4.41. The van der Waals surface area contributed by atoms with Gasteiger partial charge in [-0.2, -0.15) is 0 Å². The Morgan fingerprint density at radius 2 is 1.69 bits per heavy atom. The van der Waals surface area contributed by atoms with Crippen molar-refractivity contribution in [3.8, 4) is 0 Å². The van der Waals surface area contributed by atoms with Crippen molar-refractivity contribution in [1.82, 2.24) is 10.3 Å². The quantitative estimate of drug-likeness (QED) is 0.687. The first-order chi connectivity index (χ1) is 12.8. The molecule has 6 heteroatoms. The summed E-state index contributed by atoms with van der Waals surface area (Å²) in [4.78, 5) is 8.80. The van der Waals surface area contributed by atoms with Crippen LogP contribution in [-0.4, -0.2) is 35.7 Å². The summed E-state index contributed by atoms with van der Waals surface area (Å²) in [6, 6.07) is 17.6. The third kappa shape index (κ3) is 4.10. The second-order valence-electron chi connectivity index (χ2n) is 6.26. The van der Waals surface area contributed by atoms with Gasteiger partial charge in [-0.05, 0) is 29.8 Å². The average molecular weight is 384 g/mol. The Kier molecular flexibility index (Phi) is 5.55. The molecule has 1 aromatic heterocycles. The summed E-state index contributed by atoms with van der Waals surface area (Å²) in [5.74, 6) is 0. The van der Waals surface area contributed by atoms with Crippen molar-refractivity contribution in [2.24, 2.45) is 0 Å². The first kappa shape index (κ1) is 17.5. The highest BCUT2D eigenvalue weighted by molar-refractivity contribution is 7.91. The minimum atomic E-state index is -1.13. The summed E-state index contributed by atoms with van der Waals surface area (Å²) >= 11 is 0.592. The van der Waals surface area contributed by atoms with Crippen molar-refractivity contribution in [2.75, 3.05) is 31.1 Å². The van der Waals surface area contributed by atoms with E-state index in [4.69, 9.17) is 4.98 Å². The number of piperazine rings is 1. The Balaban J connectivity index is 1.42. The Bertz CT molecular complexity index is 830. The summed E-state index contributed by atoms with van der Waals surface area (Å²) in [5.41, 5.74) is 2.29. The lowest BCUT2D eigenvalue weighted by atomic mass is 10.1. The summed E-state index contributed by atoms with van der Waals surface area (Å²) in [6.07, 6.45) is 0.806. The highest BCUT2D eigenvalue weighted by atomic mass is 32.2. The van der Waals surface area contributed by atoms with E-state index in [1.54, 1.807) is 11.3 Å². The van der Waals surface area contributed by atoms with Gasteiger partial charge in [0.1, 0.15) is 0 Å². The van der Waals surface area contributed by atoms with E-state index in [1.165, 1.54) is 5.56 Å². The number of nitrogens with zero attached hydrogens (tertiary/aromatic N) is 2. The molecule has 0 bridgehead atoms. The topological polar surface area (TPSA) is 51.2 Å². The second-order valence-corrected chi connectivity index (χ2v) is 8.58. The maximum absolute atomic E-state index is 12.6. The largest absolute Gasteiger partial charge is 0.606 e. The van der Waals surface area contributed by atoms with E-state index in [9.17, 15) is 4.55 Å². The maximum atomic E-state index is 12.6. The molecule has 0 spiro atoms. The van der Waals surface area contributed by atoms with E-state index in [1.807, 2.05) is 42.5 Å². The summed E-state index contributed by atoms with van der Waals surface area (Å²) < 4.78 is 12.6. The zero-order chi connectivity index (χ0) is 17.8. The van der Waals surface area contributed by atoms with E-state index >= 15 is 0 Å². The van der Waals surface area contributed by atoms with Gasteiger partial charge in [0.2, 0.25) is 0 Å². The lowest BCUT2D eigenvalue weighted by Gasteiger charge is -2.26. The van der Waals surface area contributed by atoms with Crippen molar-refractivity contribution in [1.29, 1.82) is 0 Å². The Morgan fingerprint density at radius 3 is 2.42 bits per heavy atom. The predicted octanol–water partition coefficient (Wildman–Crippen LogP) is 3.31. The molecule has 2 aromatic carbocycles. The molecule has 1 N–H and O–H groups in total. The van der Waals surface area contributed by atoms with Crippen LogP contribution in [0.15, 0.2) is 69.8 Å². The van der Waals surface area contributed by atoms with E-state index in [0.717, 1.165) is 53.2 Å². The molecule has 26 heavy (non-hydrogen) atoms. The first-order valence-electron chi connectivity index (χ1n) is 8.75. The zero-order valence-electron chi connectivity index (χ0n) is 14.4. The molecule has 134 valence electrons. The van der Waals surface area contributed by atoms with Gasteiger partial charge in [0, 0.05) is 49.2 Å². The molecule has 1 aliphatic rings. The molecule has 1 atom stereocenters. The molecule has 1 fully saturated rings. The number of benzene rings is 2. The molecule has 0 radical (unpaired) electrons. The smallest absolute Gasteiger partial charge is 0.185 e. The van der Waals surface area contributed by atoms with Gasteiger partial charge in [0.25, 0.3) is 0 Å². The van der Waals surface area contributed by atoms with E-state index in [0.29, 0.717) is 0 Å². The Morgan fingerprint density at radius 1 is 1.00 bits per heavy atom. The molecule has 0 aliphatic carbocycles. The Labute approximate surface area is 161 Å². The van der Waals surface area contributed by atoms with E-state index in [2.05, 4.69) is 27.7 Å². The number of aromatic nitrogens is 1. The van der Waals surface area contributed by atoms with Crippen molar-refractivity contribution in [3.63, 3.8) is 0 Å². The standard InChI is InChI=1S/C20H21N3OS2/c24-26(18-4-2-1-3-5-18)19-8-6-16(7-9-19)14-17-15-25-20(22-17)23-12-10-21-11-13-23/h1-9,15,21H,10-14H2. The highest BCUT2D eigenvalue weighted by Gasteiger charge is 2.16. The number of nitrogens with one attached hydrogen (secondary N) is 1. The monoisotopic (exact) mass is 383 g/mol. The van der Waals surface area contributed by atoms with Crippen LogP contribution >= 0.6 is 11.3 Å². The van der Waals surface area contributed by atoms with Gasteiger partial charge in [-0.1, -0.05) is 30.3 Å². The molecule has 0 amide bonds. The fourth-order valence-electron chi connectivity index (χ4n) is 3.00. The number of hydrogen-bond acceptors (Lipinski definition) is 5. The van der Waals surface area contributed by atoms with Crippen LogP contribution in [0.5, 0.6) is 0 Å². The molecule has 2 heterocycles. The van der Waals surface area contributed by atoms with Crippen LogP contribution in [0, 0.1) is 0 Å². The molecular formula is C20H21N3OS2. The minimum Gasteiger partial charge on any atom is -0.606 e. The maximum Gasteiger partial charge on any atom is 0.185 e. The third-order valence-corrected chi connectivity index (χ3v) is 6.76. The van der Waals surface area contributed by atoms with Gasteiger partial charge in [-0.15, -0.1) is 11.3 Å². The van der Waals surface area contributed by atoms with Gasteiger partial charge < -0.3 is 14.8 Å². The molecule has 4 nitrogen and oxygen atoms in total. The van der Waals surface area contributed by atoms with E-state index < -0.39 is 11.2 Å². The van der Waals surface area contributed by atoms with Gasteiger partial charge in [0.15, 0.2) is 14.9 Å². The fraction of sp³-hybridized carbons (Fsp3) is 0.250. The van der Waals surface area contributed by atoms with Crippen molar-refractivity contribution in [2.45, 2.75) is 16.2 Å². The molecule has 1 unspecified atom stereocenters. The van der Waals surface area contributed by atoms with Crippen LogP contribution in [0.1, 0.15) is 11.3 Å². The van der Waals surface area contributed by atoms with Crippen LogP contribution in [0.25, 0.3) is 0 Å². The summed E-state index contributed by atoms with van der Waals surface area (Å²) in [5, 5.41) is 6.63. The molecule has 3 aromatic rings. The van der Waals surface area contributed by atoms with Crippen LogP contribution in [0.3, 0.4) is 0 Å². The molecule has 4 rings (SSSR count). The number of anilines is 1. The first-order valence-corrected chi connectivity index (χ1v) is 10.8. The molecule has 0 saturated carbocycles. The lowest BCUT2D eigenvalue weighted by molar-refractivity contribution is 0.588. The lowest BCUT2D eigenvalue weighted by Crippen LogP contribution is -2.43. The normalized spacial score (nSPS) is 15.8. The van der Waals surface area contributed by atoms with Crippen molar-refractivity contribution >= 4 is 27.6 Å². The minimum absolute atomic E-state index is 0.806. The number of rotatable bonds is 5.